The van der Waals surface area contributed by atoms with Gasteiger partial charge in [-0.3, -0.25) is 4.79 Å². The maximum absolute atomic E-state index is 12.6. The van der Waals surface area contributed by atoms with E-state index >= 15 is 0 Å². The van der Waals surface area contributed by atoms with Crippen LogP contribution in [0.5, 0.6) is 0 Å². The van der Waals surface area contributed by atoms with Crippen molar-refractivity contribution < 1.29 is 29.0 Å². The number of benzene rings is 1. The molecule has 4 rings (SSSR count). The number of carbonyl (C=O) groups is 3. The lowest BCUT2D eigenvalue weighted by molar-refractivity contribution is -0.315. The minimum Gasteiger partial charge on any atom is -0.550 e. The third-order valence-electron chi connectivity index (χ3n) is 5.27. The summed E-state index contributed by atoms with van der Waals surface area (Å²) < 4.78 is 12.8. The van der Waals surface area contributed by atoms with E-state index in [1.807, 2.05) is 0 Å². The molecule has 1 aliphatic heterocycles. The van der Waals surface area contributed by atoms with Crippen molar-refractivity contribution in [3.8, 4) is 0 Å². The van der Waals surface area contributed by atoms with E-state index in [4.69, 9.17) is 9.47 Å². The number of carboxylic acids is 1. The summed E-state index contributed by atoms with van der Waals surface area (Å²) in [5.41, 5.74) is 0.287. The Morgan fingerprint density at radius 1 is 1.20 bits per heavy atom. The SMILES string of the molecule is O=C(OC1C2CC3C1OC(=O)C3C2C(=O)[O-])c1cc(Br)cc(Br)c1Br. The molecular weight excluding hydrogens is 528 g/mol. The lowest BCUT2D eigenvalue weighted by Gasteiger charge is -2.31. The van der Waals surface area contributed by atoms with Crippen LogP contribution in [0.2, 0.25) is 0 Å². The smallest absolute Gasteiger partial charge is 0.339 e. The monoisotopic (exact) mass is 535 g/mol. The Hall–Kier alpha value is -0.930. The quantitative estimate of drug-likeness (QED) is 0.433. The molecule has 2 bridgehead atoms. The van der Waals surface area contributed by atoms with Crippen molar-refractivity contribution in [1.82, 2.24) is 0 Å². The van der Waals surface area contributed by atoms with Gasteiger partial charge >= 0.3 is 11.9 Å². The van der Waals surface area contributed by atoms with E-state index in [1.165, 1.54) is 0 Å². The number of hydrogen-bond donors (Lipinski definition) is 0. The van der Waals surface area contributed by atoms with Gasteiger partial charge in [-0.15, -0.1) is 0 Å². The predicted octanol–water partition coefficient (Wildman–Crippen LogP) is 2.06. The summed E-state index contributed by atoms with van der Waals surface area (Å²) in [4.78, 5) is 36.1. The zero-order valence-electron chi connectivity index (χ0n) is 12.4. The van der Waals surface area contributed by atoms with Gasteiger partial charge in [0.25, 0.3) is 0 Å². The van der Waals surface area contributed by atoms with E-state index < -0.39 is 47.9 Å². The molecule has 9 heteroatoms. The van der Waals surface area contributed by atoms with Crippen LogP contribution in [0.1, 0.15) is 16.8 Å². The van der Waals surface area contributed by atoms with Crippen LogP contribution in [-0.2, 0) is 19.1 Å². The molecule has 2 aliphatic carbocycles. The van der Waals surface area contributed by atoms with E-state index in [9.17, 15) is 19.5 Å². The highest BCUT2D eigenvalue weighted by molar-refractivity contribution is 9.13. The van der Waals surface area contributed by atoms with Gasteiger partial charge in [0, 0.05) is 37.1 Å². The van der Waals surface area contributed by atoms with E-state index in [1.54, 1.807) is 12.1 Å². The normalized spacial score (nSPS) is 34.9. The summed E-state index contributed by atoms with van der Waals surface area (Å²) >= 11 is 9.99. The van der Waals surface area contributed by atoms with Gasteiger partial charge in [0.05, 0.1) is 11.5 Å². The van der Waals surface area contributed by atoms with Gasteiger partial charge in [0.15, 0.2) is 0 Å². The molecule has 0 amide bonds. The Kier molecular flexibility index (Phi) is 4.24. The molecular formula is C16H10Br3O6-. The highest BCUT2D eigenvalue weighted by Crippen LogP contribution is 2.58. The molecule has 1 heterocycles. The van der Waals surface area contributed by atoms with Gasteiger partial charge in [0.2, 0.25) is 0 Å². The number of carboxylic acid groups (broad SMARTS) is 1. The third kappa shape index (κ3) is 2.57. The number of halogens is 3. The molecule has 2 saturated carbocycles. The van der Waals surface area contributed by atoms with Crippen molar-refractivity contribution in [3.63, 3.8) is 0 Å². The van der Waals surface area contributed by atoms with Crippen molar-refractivity contribution in [2.75, 3.05) is 0 Å². The second kappa shape index (κ2) is 6.06. The zero-order chi connectivity index (χ0) is 18.0. The molecule has 0 aromatic heterocycles. The number of rotatable bonds is 3. The van der Waals surface area contributed by atoms with Crippen LogP contribution < -0.4 is 5.11 Å². The van der Waals surface area contributed by atoms with E-state index in [0.29, 0.717) is 19.8 Å². The van der Waals surface area contributed by atoms with Gasteiger partial charge in [-0.25, -0.2) is 4.79 Å². The molecule has 0 spiro atoms. The average molecular weight is 538 g/mol. The predicted molar refractivity (Wildman–Crippen MR) is 92.2 cm³/mol. The molecule has 1 aromatic carbocycles. The minimum absolute atomic E-state index is 0.226. The van der Waals surface area contributed by atoms with Gasteiger partial charge in [0.1, 0.15) is 12.2 Å². The van der Waals surface area contributed by atoms with Crippen LogP contribution in [0.3, 0.4) is 0 Å². The maximum Gasteiger partial charge on any atom is 0.339 e. The van der Waals surface area contributed by atoms with Gasteiger partial charge in [-0.05, 0) is 50.4 Å². The summed E-state index contributed by atoms with van der Waals surface area (Å²) in [5.74, 6) is -4.76. The highest BCUT2D eigenvalue weighted by atomic mass is 79.9. The maximum atomic E-state index is 12.6. The topological polar surface area (TPSA) is 92.7 Å². The van der Waals surface area contributed by atoms with Gasteiger partial charge in [-0.2, -0.15) is 0 Å². The summed E-state index contributed by atoms with van der Waals surface area (Å²) in [6.07, 6.45) is -0.856. The van der Waals surface area contributed by atoms with Gasteiger partial charge < -0.3 is 19.4 Å². The summed E-state index contributed by atoms with van der Waals surface area (Å²) in [6.45, 7) is 0. The average Bonchev–Trinajstić information content (AvgIpc) is 3.13. The summed E-state index contributed by atoms with van der Waals surface area (Å²) in [5, 5.41) is 11.5. The molecule has 1 saturated heterocycles. The number of hydrogen-bond acceptors (Lipinski definition) is 6. The molecule has 6 nitrogen and oxygen atoms in total. The van der Waals surface area contributed by atoms with Crippen molar-refractivity contribution in [2.45, 2.75) is 18.6 Å². The fourth-order valence-electron chi connectivity index (χ4n) is 4.36. The number of esters is 2. The van der Waals surface area contributed by atoms with E-state index in [0.717, 1.165) is 0 Å². The van der Waals surface area contributed by atoms with Crippen molar-refractivity contribution in [2.24, 2.45) is 23.7 Å². The molecule has 3 fully saturated rings. The Labute approximate surface area is 167 Å². The van der Waals surface area contributed by atoms with Crippen LogP contribution >= 0.6 is 47.8 Å². The van der Waals surface area contributed by atoms with E-state index in [-0.39, 0.29) is 11.5 Å². The number of fused-ring (bicyclic) bond motifs is 1. The number of carbonyl (C=O) groups excluding carboxylic acids is 3. The summed E-state index contributed by atoms with van der Waals surface area (Å²) in [7, 11) is 0. The number of aliphatic carboxylic acids is 1. The molecule has 1 aromatic rings. The third-order valence-corrected chi connectivity index (χ3v) is 7.74. The minimum atomic E-state index is -1.29. The second-order valence-electron chi connectivity index (χ2n) is 6.45. The molecule has 3 aliphatic rings. The second-order valence-corrected chi connectivity index (χ2v) is 9.02. The van der Waals surface area contributed by atoms with Crippen LogP contribution in [0, 0.1) is 23.7 Å². The fourth-order valence-corrected chi connectivity index (χ4v) is 5.98. The first kappa shape index (κ1) is 17.5. The van der Waals surface area contributed by atoms with Crippen LogP contribution in [0.4, 0.5) is 0 Å². The van der Waals surface area contributed by atoms with Crippen LogP contribution in [-0.4, -0.2) is 30.1 Å². The molecule has 132 valence electrons. The Balaban J connectivity index is 1.63. The summed E-state index contributed by atoms with van der Waals surface area (Å²) in [6, 6.07) is 3.37. The highest BCUT2D eigenvalue weighted by Gasteiger charge is 2.68. The molecule has 6 atom stereocenters. The van der Waals surface area contributed by atoms with Crippen LogP contribution in [0.15, 0.2) is 25.6 Å². The Morgan fingerprint density at radius 3 is 2.60 bits per heavy atom. The lowest BCUT2D eigenvalue weighted by atomic mass is 9.78. The Bertz CT molecular complexity index is 809. The molecule has 0 radical (unpaired) electrons. The van der Waals surface area contributed by atoms with Crippen LogP contribution in [0.25, 0.3) is 0 Å². The first-order valence-electron chi connectivity index (χ1n) is 7.56. The fraction of sp³-hybridized carbons (Fsp3) is 0.438. The molecule has 6 unspecified atom stereocenters. The van der Waals surface area contributed by atoms with E-state index in [2.05, 4.69) is 47.8 Å². The standard InChI is InChI=1S/C16H11Br3O6/c17-4-1-7(11(19)8(18)2-4)15(22)24-12-5-3-6-10(9(5)14(20)21)16(23)25-13(6)12/h1-2,5-6,9-10,12-13H,3H2,(H,20,21)/p-1. The lowest BCUT2D eigenvalue weighted by Crippen LogP contribution is -2.47. The number of ether oxygens (including phenoxy) is 2. The largest absolute Gasteiger partial charge is 0.550 e. The first-order valence-corrected chi connectivity index (χ1v) is 9.94. The van der Waals surface area contributed by atoms with Crippen molar-refractivity contribution in [3.05, 3.63) is 31.1 Å². The van der Waals surface area contributed by atoms with Crippen molar-refractivity contribution in [1.29, 1.82) is 0 Å². The zero-order valence-corrected chi connectivity index (χ0v) is 17.2. The Morgan fingerprint density at radius 2 is 1.92 bits per heavy atom. The molecule has 25 heavy (non-hydrogen) atoms. The van der Waals surface area contributed by atoms with Gasteiger partial charge in [-0.1, -0.05) is 15.9 Å². The first-order chi connectivity index (χ1) is 11.8. The molecule has 0 N–H and O–H groups in total. The van der Waals surface area contributed by atoms with Crippen molar-refractivity contribution >= 4 is 65.7 Å².